The van der Waals surface area contributed by atoms with Crippen molar-refractivity contribution in [3.8, 4) is 0 Å². The quantitative estimate of drug-likeness (QED) is 0.656. The molecule has 15 heavy (non-hydrogen) atoms. The van der Waals surface area contributed by atoms with Gasteiger partial charge in [-0.1, -0.05) is 0 Å². The SMILES string of the molecule is CN(C(=O)OC(C)(C)C)[C@H]1CNC[C@@H]1O. The van der Waals surface area contributed by atoms with Crippen molar-refractivity contribution in [3.63, 3.8) is 0 Å². The van der Waals surface area contributed by atoms with Crippen LogP contribution in [0.25, 0.3) is 0 Å². The summed E-state index contributed by atoms with van der Waals surface area (Å²) >= 11 is 0. The molecule has 2 atom stereocenters. The molecule has 0 aliphatic carbocycles. The number of aliphatic hydroxyl groups is 1. The first-order valence-corrected chi connectivity index (χ1v) is 5.16. The molecule has 0 aromatic rings. The second-order valence-corrected chi connectivity index (χ2v) is 4.88. The van der Waals surface area contributed by atoms with Crippen LogP contribution in [0.15, 0.2) is 0 Å². The largest absolute Gasteiger partial charge is 0.444 e. The van der Waals surface area contributed by atoms with Gasteiger partial charge < -0.3 is 20.1 Å². The van der Waals surface area contributed by atoms with Gasteiger partial charge in [-0.15, -0.1) is 0 Å². The Balaban J connectivity index is 2.52. The van der Waals surface area contributed by atoms with Gasteiger partial charge in [0.1, 0.15) is 5.60 Å². The second-order valence-electron chi connectivity index (χ2n) is 4.88. The molecular weight excluding hydrogens is 196 g/mol. The average Bonchev–Trinajstić information content (AvgIpc) is 2.47. The number of carbonyl (C=O) groups excluding carboxylic acids is 1. The maximum atomic E-state index is 11.7. The zero-order valence-electron chi connectivity index (χ0n) is 9.78. The fraction of sp³-hybridized carbons (Fsp3) is 0.900. The first kappa shape index (κ1) is 12.3. The summed E-state index contributed by atoms with van der Waals surface area (Å²) in [6, 6.07) is -0.195. The molecule has 1 heterocycles. The Kier molecular flexibility index (Phi) is 3.57. The van der Waals surface area contributed by atoms with Gasteiger partial charge in [0.25, 0.3) is 0 Å². The lowest BCUT2D eigenvalue weighted by Crippen LogP contribution is -2.46. The van der Waals surface area contributed by atoms with Gasteiger partial charge in [0, 0.05) is 20.1 Å². The Labute approximate surface area is 90.4 Å². The summed E-state index contributed by atoms with van der Waals surface area (Å²) in [6.07, 6.45) is -0.905. The molecule has 88 valence electrons. The van der Waals surface area contributed by atoms with Crippen LogP contribution in [-0.4, -0.2) is 54.0 Å². The number of hydrogen-bond acceptors (Lipinski definition) is 4. The average molecular weight is 216 g/mol. The molecule has 0 aromatic carbocycles. The fourth-order valence-corrected chi connectivity index (χ4v) is 1.52. The third kappa shape index (κ3) is 3.35. The van der Waals surface area contributed by atoms with Crippen LogP contribution in [0.2, 0.25) is 0 Å². The highest BCUT2D eigenvalue weighted by Crippen LogP contribution is 2.13. The van der Waals surface area contributed by atoms with Crippen molar-refractivity contribution in [2.24, 2.45) is 0 Å². The van der Waals surface area contributed by atoms with E-state index >= 15 is 0 Å². The fourth-order valence-electron chi connectivity index (χ4n) is 1.52. The maximum absolute atomic E-state index is 11.7. The Morgan fingerprint density at radius 3 is 2.47 bits per heavy atom. The number of carbonyl (C=O) groups is 1. The van der Waals surface area contributed by atoms with E-state index in [-0.39, 0.29) is 6.04 Å². The van der Waals surface area contributed by atoms with Crippen LogP contribution in [0.1, 0.15) is 20.8 Å². The van der Waals surface area contributed by atoms with Gasteiger partial charge in [-0.05, 0) is 20.8 Å². The van der Waals surface area contributed by atoms with E-state index in [0.717, 1.165) is 0 Å². The highest BCUT2D eigenvalue weighted by molar-refractivity contribution is 5.68. The standard InChI is InChI=1S/C10H20N2O3/c1-10(2,3)15-9(14)12(4)7-5-11-6-8(7)13/h7-8,11,13H,5-6H2,1-4H3/t7-,8-/m0/s1. The minimum Gasteiger partial charge on any atom is -0.444 e. The molecule has 0 aromatic heterocycles. The van der Waals surface area contributed by atoms with Gasteiger partial charge in [0.15, 0.2) is 0 Å². The van der Waals surface area contributed by atoms with E-state index in [4.69, 9.17) is 4.74 Å². The summed E-state index contributed by atoms with van der Waals surface area (Å²) in [5.41, 5.74) is -0.498. The van der Waals surface area contributed by atoms with Gasteiger partial charge in [0.05, 0.1) is 12.1 Å². The van der Waals surface area contributed by atoms with Crippen molar-refractivity contribution in [3.05, 3.63) is 0 Å². The van der Waals surface area contributed by atoms with Crippen molar-refractivity contribution in [2.75, 3.05) is 20.1 Å². The lowest BCUT2D eigenvalue weighted by atomic mass is 10.2. The summed E-state index contributed by atoms with van der Waals surface area (Å²) in [4.78, 5) is 13.1. The van der Waals surface area contributed by atoms with E-state index in [1.807, 2.05) is 20.8 Å². The van der Waals surface area contributed by atoms with E-state index in [1.54, 1.807) is 7.05 Å². The van der Waals surface area contributed by atoms with E-state index in [9.17, 15) is 9.90 Å². The Morgan fingerprint density at radius 2 is 2.07 bits per heavy atom. The molecule has 0 bridgehead atoms. The Morgan fingerprint density at radius 1 is 1.47 bits per heavy atom. The zero-order chi connectivity index (χ0) is 11.6. The molecule has 1 rings (SSSR count). The summed E-state index contributed by atoms with van der Waals surface area (Å²) in [6.45, 7) is 6.60. The maximum Gasteiger partial charge on any atom is 0.410 e. The van der Waals surface area contributed by atoms with Crippen molar-refractivity contribution < 1.29 is 14.6 Å². The highest BCUT2D eigenvalue weighted by Gasteiger charge is 2.33. The van der Waals surface area contributed by atoms with E-state index in [2.05, 4.69) is 5.32 Å². The molecule has 1 amide bonds. The second kappa shape index (κ2) is 4.37. The van der Waals surface area contributed by atoms with Crippen LogP contribution >= 0.6 is 0 Å². The van der Waals surface area contributed by atoms with Gasteiger partial charge in [-0.3, -0.25) is 0 Å². The molecule has 1 aliphatic heterocycles. The van der Waals surface area contributed by atoms with Gasteiger partial charge >= 0.3 is 6.09 Å². The van der Waals surface area contributed by atoms with Crippen LogP contribution in [0.3, 0.4) is 0 Å². The molecule has 5 nitrogen and oxygen atoms in total. The number of amides is 1. The molecule has 0 unspecified atom stereocenters. The smallest absolute Gasteiger partial charge is 0.410 e. The van der Waals surface area contributed by atoms with Gasteiger partial charge in [0.2, 0.25) is 0 Å². The first-order valence-electron chi connectivity index (χ1n) is 5.16. The Hall–Kier alpha value is -0.810. The van der Waals surface area contributed by atoms with Crippen LogP contribution in [0.4, 0.5) is 4.79 Å². The van der Waals surface area contributed by atoms with Crippen molar-refractivity contribution in [1.29, 1.82) is 0 Å². The van der Waals surface area contributed by atoms with Crippen LogP contribution < -0.4 is 5.32 Å². The molecular formula is C10H20N2O3. The summed E-state index contributed by atoms with van der Waals surface area (Å²) < 4.78 is 5.21. The van der Waals surface area contributed by atoms with E-state index in [0.29, 0.717) is 13.1 Å². The summed E-state index contributed by atoms with van der Waals surface area (Å²) in [7, 11) is 1.65. The highest BCUT2D eigenvalue weighted by atomic mass is 16.6. The normalized spacial score (nSPS) is 26.5. The lowest BCUT2D eigenvalue weighted by Gasteiger charge is -2.29. The predicted octanol–water partition coefficient (Wildman–Crippen LogP) is 0.186. The van der Waals surface area contributed by atoms with E-state index in [1.165, 1.54) is 4.90 Å². The summed E-state index contributed by atoms with van der Waals surface area (Å²) in [5.74, 6) is 0. The molecule has 5 heteroatoms. The molecule has 0 radical (unpaired) electrons. The topological polar surface area (TPSA) is 61.8 Å². The lowest BCUT2D eigenvalue weighted by molar-refractivity contribution is 0.0113. The third-order valence-corrected chi connectivity index (χ3v) is 2.33. The van der Waals surface area contributed by atoms with Crippen molar-refractivity contribution in [2.45, 2.75) is 38.5 Å². The number of aliphatic hydroxyl groups excluding tert-OH is 1. The Bertz CT molecular complexity index is 237. The molecule has 1 fully saturated rings. The van der Waals surface area contributed by atoms with Crippen molar-refractivity contribution >= 4 is 6.09 Å². The molecule has 1 aliphatic rings. The third-order valence-electron chi connectivity index (χ3n) is 2.33. The summed E-state index contributed by atoms with van der Waals surface area (Å²) in [5, 5.41) is 12.6. The van der Waals surface area contributed by atoms with Crippen molar-refractivity contribution in [1.82, 2.24) is 10.2 Å². The van der Waals surface area contributed by atoms with Gasteiger partial charge in [-0.25, -0.2) is 4.79 Å². The van der Waals surface area contributed by atoms with Crippen LogP contribution in [0.5, 0.6) is 0 Å². The minimum atomic E-state index is -0.512. The van der Waals surface area contributed by atoms with Crippen LogP contribution in [0, 0.1) is 0 Å². The minimum absolute atomic E-state index is 0.195. The number of ether oxygens (including phenoxy) is 1. The van der Waals surface area contributed by atoms with Gasteiger partial charge in [-0.2, -0.15) is 0 Å². The zero-order valence-corrected chi connectivity index (χ0v) is 9.78. The number of β-amino-alcohol motifs (C(OH)–C–C–N with tert-alkyl or cyclic N) is 1. The predicted molar refractivity (Wildman–Crippen MR) is 56.7 cm³/mol. The number of likely N-dealkylation sites (N-methyl/N-ethyl adjacent to an activating group) is 1. The molecule has 2 N–H and O–H groups in total. The monoisotopic (exact) mass is 216 g/mol. The molecule has 0 spiro atoms. The number of rotatable bonds is 1. The van der Waals surface area contributed by atoms with E-state index < -0.39 is 17.8 Å². The first-order chi connectivity index (χ1) is 6.81. The number of nitrogens with one attached hydrogen (secondary N) is 1. The van der Waals surface area contributed by atoms with Crippen LogP contribution in [-0.2, 0) is 4.74 Å². The number of nitrogens with zero attached hydrogens (tertiary/aromatic N) is 1. The molecule has 1 saturated heterocycles. The molecule has 0 saturated carbocycles. The number of hydrogen-bond donors (Lipinski definition) is 2.